The monoisotopic (exact) mass is 436 g/mol. The Labute approximate surface area is 167 Å². The number of nitrogens with one attached hydrogen (secondary N) is 2. The SMILES string of the molecule is Nc1[nH+]ccs1.Nc1[nH+]ccs1.O=C(O)CCC(=O)O.O=C([O-])CCC(=O)[O-]. The van der Waals surface area contributed by atoms with Crippen LogP contribution in [0.25, 0.3) is 0 Å². The maximum Gasteiger partial charge on any atom is 0.329 e. The van der Waals surface area contributed by atoms with Crippen molar-refractivity contribution in [2.45, 2.75) is 25.7 Å². The van der Waals surface area contributed by atoms with E-state index in [0.29, 0.717) is 0 Å². The van der Waals surface area contributed by atoms with E-state index in [1.54, 1.807) is 12.4 Å². The second kappa shape index (κ2) is 17.2. The number of carboxylic acid groups (broad SMARTS) is 4. The number of carbonyl (C=O) groups is 4. The van der Waals surface area contributed by atoms with E-state index < -0.39 is 36.7 Å². The molecule has 0 spiro atoms. The largest absolute Gasteiger partial charge is 0.550 e. The minimum absolute atomic E-state index is 0.296. The minimum Gasteiger partial charge on any atom is -0.550 e. The molecule has 12 nitrogen and oxygen atoms in total. The highest BCUT2D eigenvalue weighted by molar-refractivity contribution is 7.13. The average molecular weight is 436 g/mol. The summed E-state index contributed by atoms with van der Waals surface area (Å²) in [5.41, 5.74) is 10.5. The van der Waals surface area contributed by atoms with Crippen molar-refractivity contribution in [3.05, 3.63) is 23.2 Å². The summed E-state index contributed by atoms with van der Waals surface area (Å²) in [5, 5.41) is 40.1. The molecule has 2 rings (SSSR count). The third-order valence-corrected chi connectivity index (χ3v) is 3.35. The molecule has 0 aliphatic heterocycles. The Morgan fingerprint density at radius 2 is 1.11 bits per heavy atom. The van der Waals surface area contributed by atoms with Gasteiger partial charge in [0.2, 0.25) is 0 Å². The molecule has 156 valence electrons. The first-order chi connectivity index (χ1) is 13.0. The maximum absolute atomic E-state index is 9.64. The topological polar surface area (TPSA) is 235 Å². The van der Waals surface area contributed by atoms with Gasteiger partial charge in [0.15, 0.2) is 0 Å². The van der Waals surface area contributed by atoms with Crippen LogP contribution in [0, 0.1) is 0 Å². The summed E-state index contributed by atoms with van der Waals surface area (Å²) in [7, 11) is 0. The second-order valence-corrected chi connectivity index (χ2v) is 6.29. The molecule has 14 heteroatoms. The average Bonchev–Trinajstić information content (AvgIpc) is 3.26. The molecule has 0 aromatic carbocycles. The van der Waals surface area contributed by atoms with E-state index in [4.69, 9.17) is 21.7 Å². The third kappa shape index (κ3) is 25.0. The molecule has 2 aromatic heterocycles. The molecule has 0 saturated heterocycles. The number of aromatic amines is 2. The van der Waals surface area contributed by atoms with Crippen LogP contribution in [0.2, 0.25) is 0 Å². The van der Waals surface area contributed by atoms with Crippen molar-refractivity contribution >= 4 is 56.8 Å². The third-order valence-electron chi connectivity index (χ3n) is 2.06. The van der Waals surface area contributed by atoms with Gasteiger partial charge in [0.1, 0.15) is 0 Å². The molecule has 0 atom stereocenters. The number of anilines is 2. The molecule has 0 radical (unpaired) electrons. The summed E-state index contributed by atoms with van der Waals surface area (Å²) in [6, 6.07) is 0. The fraction of sp³-hybridized carbons (Fsp3) is 0.286. The van der Waals surface area contributed by atoms with Crippen LogP contribution in [-0.4, -0.2) is 34.1 Å². The minimum atomic E-state index is -1.37. The van der Waals surface area contributed by atoms with Crippen molar-refractivity contribution < 1.29 is 49.6 Å². The molecule has 0 amide bonds. The second-order valence-electron chi connectivity index (χ2n) is 4.39. The Balaban J connectivity index is 0. The zero-order valence-electron chi connectivity index (χ0n) is 14.5. The Morgan fingerprint density at radius 3 is 1.21 bits per heavy atom. The summed E-state index contributed by atoms with van der Waals surface area (Å²) in [5.74, 6) is -4.89. The molecule has 0 saturated carbocycles. The van der Waals surface area contributed by atoms with E-state index >= 15 is 0 Å². The normalized spacial score (nSPS) is 8.57. The van der Waals surface area contributed by atoms with Gasteiger partial charge in [0, 0.05) is 22.7 Å². The van der Waals surface area contributed by atoms with Crippen LogP contribution in [0.1, 0.15) is 25.7 Å². The van der Waals surface area contributed by atoms with Crippen LogP contribution < -0.4 is 31.6 Å². The Kier molecular flexibility index (Phi) is 16.5. The number of rotatable bonds is 6. The van der Waals surface area contributed by atoms with Gasteiger partial charge in [-0.25, -0.2) is 9.97 Å². The number of nitrogen functional groups attached to an aromatic ring is 2. The smallest absolute Gasteiger partial charge is 0.329 e. The summed E-state index contributed by atoms with van der Waals surface area (Å²) in [4.78, 5) is 43.9. The van der Waals surface area contributed by atoms with Crippen LogP contribution in [0.5, 0.6) is 0 Å². The van der Waals surface area contributed by atoms with Crippen molar-refractivity contribution in [1.29, 1.82) is 0 Å². The van der Waals surface area contributed by atoms with E-state index in [2.05, 4.69) is 9.97 Å². The molecule has 0 aliphatic carbocycles. The van der Waals surface area contributed by atoms with Gasteiger partial charge in [-0.05, 0) is 12.8 Å². The van der Waals surface area contributed by atoms with Gasteiger partial charge in [0.05, 0.1) is 25.2 Å². The summed E-state index contributed by atoms with van der Waals surface area (Å²) in [6.07, 6.45) is 2.08. The Bertz CT molecular complexity index is 604. The number of hydrogen-bond acceptors (Lipinski definition) is 10. The zero-order chi connectivity index (χ0) is 21.9. The molecule has 2 heterocycles. The number of carbonyl (C=O) groups excluding carboxylic acids is 2. The molecule has 2 aromatic rings. The quantitative estimate of drug-likeness (QED) is 0.371. The van der Waals surface area contributed by atoms with E-state index in [9.17, 15) is 29.4 Å². The lowest BCUT2D eigenvalue weighted by Crippen LogP contribution is -2.27. The van der Waals surface area contributed by atoms with Gasteiger partial charge in [-0.3, -0.25) is 21.1 Å². The number of aromatic nitrogens is 2. The highest BCUT2D eigenvalue weighted by Crippen LogP contribution is 1.97. The molecule has 8 N–H and O–H groups in total. The molecular formula is C14H20N4O8S2. The van der Waals surface area contributed by atoms with Gasteiger partial charge < -0.3 is 30.0 Å². The number of hydrogen-bond donors (Lipinski definition) is 4. The van der Waals surface area contributed by atoms with Crippen molar-refractivity contribution in [3.63, 3.8) is 0 Å². The van der Waals surface area contributed by atoms with E-state index in [1.165, 1.54) is 22.7 Å². The first-order valence-corrected chi connectivity index (χ1v) is 9.05. The number of H-pyrrole nitrogens is 2. The van der Waals surface area contributed by atoms with Crippen LogP contribution in [0.4, 0.5) is 10.3 Å². The fourth-order valence-corrected chi connectivity index (χ4v) is 1.77. The van der Waals surface area contributed by atoms with Crippen molar-refractivity contribution in [3.8, 4) is 0 Å². The Hall–Kier alpha value is -3.26. The van der Waals surface area contributed by atoms with E-state index in [0.717, 1.165) is 10.3 Å². The van der Waals surface area contributed by atoms with Gasteiger partial charge >= 0.3 is 22.2 Å². The number of carboxylic acids is 4. The van der Waals surface area contributed by atoms with Gasteiger partial charge in [-0.15, -0.1) is 0 Å². The summed E-state index contributed by atoms with van der Waals surface area (Å²) >= 11 is 3.00. The van der Waals surface area contributed by atoms with Crippen molar-refractivity contribution in [2.75, 3.05) is 11.5 Å². The van der Waals surface area contributed by atoms with Gasteiger partial charge in [-0.2, -0.15) is 0 Å². The first-order valence-electron chi connectivity index (χ1n) is 7.29. The number of nitrogens with two attached hydrogens (primary N) is 2. The van der Waals surface area contributed by atoms with Crippen LogP contribution in [0.15, 0.2) is 23.2 Å². The van der Waals surface area contributed by atoms with Crippen LogP contribution in [0.3, 0.4) is 0 Å². The van der Waals surface area contributed by atoms with Crippen molar-refractivity contribution in [1.82, 2.24) is 0 Å². The lowest BCUT2D eigenvalue weighted by Gasteiger charge is -2.00. The standard InChI is InChI=1S/2C4H6O4.2C3H4N2S/c2*5-3(6)1-2-4(7)8;2*4-3-5-1-2-6-3/h2*1-2H2,(H,5,6)(H,7,8);2*1-2H,(H2,4,5). The van der Waals surface area contributed by atoms with E-state index in [-0.39, 0.29) is 12.8 Å². The molecule has 0 fully saturated rings. The summed E-state index contributed by atoms with van der Waals surface area (Å²) in [6.45, 7) is 0. The summed E-state index contributed by atoms with van der Waals surface area (Å²) < 4.78 is 0. The lowest BCUT2D eigenvalue weighted by molar-refractivity contribution is -0.354. The highest BCUT2D eigenvalue weighted by Gasteiger charge is 2.00. The van der Waals surface area contributed by atoms with Gasteiger partial charge in [-0.1, -0.05) is 22.7 Å². The van der Waals surface area contributed by atoms with Crippen molar-refractivity contribution in [2.24, 2.45) is 0 Å². The Morgan fingerprint density at radius 1 is 0.786 bits per heavy atom. The first kappa shape index (κ1) is 27.0. The molecule has 0 bridgehead atoms. The van der Waals surface area contributed by atoms with Gasteiger partial charge in [0.25, 0.3) is 0 Å². The lowest BCUT2D eigenvalue weighted by atomic mass is 10.3. The number of thiazole rings is 2. The van der Waals surface area contributed by atoms with E-state index in [1.807, 2.05) is 10.8 Å². The highest BCUT2D eigenvalue weighted by atomic mass is 32.1. The molecular weight excluding hydrogens is 416 g/mol. The fourth-order valence-electron chi connectivity index (χ4n) is 0.933. The molecule has 0 aliphatic rings. The predicted molar refractivity (Wildman–Crippen MR) is 94.3 cm³/mol. The zero-order valence-corrected chi connectivity index (χ0v) is 16.1. The molecule has 28 heavy (non-hydrogen) atoms. The molecule has 0 unspecified atom stereocenters. The maximum atomic E-state index is 9.64. The predicted octanol–water partition coefficient (Wildman–Crippen LogP) is -2.51. The van der Waals surface area contributed by atoms with Crippen LogP contribution >= 0.6 is 22.7 Å². The van der Waals surface area contributed by atoms with Crippen LogP contribution in [-0.2, 0) is 19.2 Å². The number of aliphatic carboxylic acids is 4.